The molecule has 0 aliphatic carbocycles. The number of nitrogens with one attached hydrogen (secondary N) is 4. The molecule has 5 N–H and O–H groups in total. The molecule has 2 heterocycles. The molecule has 4 rings (SSSR count). The average molecular weight is 540 g/mol. The van der Waals surface area contributed by atoms with E-state index < -0.39 is 34.3 Å². The first kappa shape index (κ1) is 26.5. The van der Waals surface area contributed by atoms with Crippen molar-refractivity contribution in [3.63, 3.8) is 0 Å². The molecule has 0 bridgehead atoms. The standard InChI is InChI=1S/C25H25N5O7S/c1-12-4-6-13(7-5-12)26-18(31)11-17-21(32)30-25(38-17)27-20(19-22(33)28-24(35)29-23(19)34)15-10-14(36-2)8-9-16(15)37-3/h4-10,17,20H,11H2,1-3H3,(H,26,31)(H,27,30,32)(H3,28,29,33,34,35)/t17-,20+/m1/s1. The smallest absolute Gasteiger partial charge is 0.328 e. The second-order valence-corrected chi connectivity index (χ2v) is 9.52. The molecule has 12 nitrogen and oxygen atoms in total. The highest BCUT2D eigenvalue weighted by Crippen LogP contribution is 2.38. The van der Waals surface area contributed by atoms with Crippen LogP contribution in [0.3, 0.4) is 0 Å². The van der Waals surface area contributed by atoms with Gasteiger partial charge in [0.15, 0.2) is 5.17 Å². The zero-order chi connectivity index (χ0) is 27.4. The molecular weight excluding hydrogens is 514 g/mol. The number of amidine groups is 1. The van der Waals surface area contributed by atoms with E-state index >= 15 is 0 Å². The molecule has 1 aliphatic heterocycles. The van der Waals surface area contributed by atoms with Crippen LogP contribution in [-0.2, 0) is 9.59 Å². The number of aryl methyl sites for hydroxylation is 1. The Labute approximate surface area is 220 Å². The number of hydrogen-bond acceptors (Lipinski definition) is 9. The van der Waals surface area contributed by atoms with Crippen LogP contribution in [0, 0.1) is 6.92 Å². The van der Waals surface area contributed by atoms with Gasteiger partial charge in [0, 0.05) is 17.7 Å². The summed E-state index contributed by atoms with van der Waals surface area (Å²) in [5, 5.41) is 15.2. The van der Waals surface area contributed by atoms with Crippen LogP contribution in [0.15, 0.2) is 57.0 Å². The Morgan fingerprint density at radius 1 is 1.11 bits per heavy atom. The zero-order valence-electron chi connectivity index (χ0n) is 20.7. The number of aromatic hydroxyl groups is 1. The summed E-state index contributed by atoms with van der Waals surface area (Å²) in [6.45, 7) is 1.93. The van der Waals surface area contributed by atoms with Gasteiger partial charge in [0.2, 0.25) is 17.7 Å². The van der Waals surface area contributed by atoms with E-state index in [2.05, 4.69) is 25.6 Å². The van der Waals surface area contributed by atoms with Crippen LogP contribution in [0.5, 0.6) is 17.4 Å². The van der Waals surface area contributed by atoms with Crippen molar-refractivity contribution in [2.24, 2.45) is 4.99 Å². The molecule has 2 atom stereocenters. The number of ether oxygens (including phenoxy) is 2. The van der Waals surface area contributed by atoms with Crippen molar-refractivity contribution in [3.8, 4) is 17.4 Å². The Bertz CT molecular complexity index is 1510. The van der Waals surface area contributed by atoms with Crippen molar-refractivity contribution in [2.75, 3.05) is 19.5 Å². The summed E-state index contributed by atoms with van der Waals surface area (Å²) in [5.41, 5.74) is -0.0843. The van der Waals surface area contributed by atoms with Gasteiger partial charge in [-0.25, -0.2) is 9.79 Å². The molecule has 38 heavy (non-hydrogen) atoms. The molecule has 2 amide bonds. The first-order valence-electron chi connectivity index (χ1n) is 11.4. The summed E-state index contributed by atoms with van der Waals surface area (Å²) in [5.74, 6) is -0.762. The highest BCUT2D eigenvalue weighted by Gasteiger charge is 2.34. The van der Waals surface area contributed by atoms with E-state index in [0.29, 0.717) is 22.7 Å². The number of methoxy groups -OCH3 is 2. The monoisotopic (exact) mass is 539 g/mol. The summed E-state index contributed by atoms with van der Waals surface area (Å²) in [7, 11) is 2.87. The fraction of sp³-hybridized carbons (Fsp3) is 0.240. The normalized spacial score (nSPS) is 16.7. The predicted octanol–water partition coefficient (Wildman–Crippen LogP) is 1.80. The average Bonchev–Trinajstić information content (AvgIpc) is 3.21. The summed E-state index contributed by atoms with van der Waals surface area (Å²) in [6.07, 6.45) is -0.124. The fourth-order valence-corrected chi connectivity index (χ4v) is 4.81. The molecule has 0 radical (unpaired) electrons. The minimum atomic E-state index is -1.22. The lowest BCUT2D eigenvalue weighted by molar-refractivity contribution is -0.122. The summed E-state index contributed by atoms with van der Waals surface area (Å²) >= 11 is 1.01. The molecule has 1 fully saturated rings. The molecule has 198 valence electrons. The van der Waals surface area contributed by atoms with Crippen molar-refractivity contribution < 1.29 is 24.2 Å². The van der Waals surface area contributed by atoms with Gasteiger partial charge in [-0.1, -0.05) is 29.5 Å². The number of thioether (sulfide) groups is 1. The lowest BCUT2D eigenvalue weighted by Gasteiger charge is -2.18. The van der Waals surface area contributed by atoms with E-state index in [-0.39, 0.29) is 23.1 Å². The van der Waals surface area contributed by atoms with Gasteiger partial charge in [-0.2, -0.15) is 0 Å². The van der Waals surface area contributed by atoms with Crippen LogP contribution in [0.25, 0.3) is 0 Å². The van der Waals surface area contributed by atoms with Gasteiger partial charge in [0.1, 0.15) is 28.4 Å². The Morgan fingerprint density at radius 2 is 1.84 bits per heavy atom. The Morgan fingerprint density at radius 3 is 2.50 bits per heavy atom. The fourth-order valence-electron chi connectivity index (χ4n) is 3.82. The molecule has 13 heteroatoms. The van der Waals surface area contributed by atoms with Crippen LogP contribution in [0.4, 0.5) is 5.69 Å². The SMILES string of the molecule is COc1ccc(OC)c([C@H](N=C2NC(=O)[C@@H](CC(=O)Nc3ccc(C)cc3)S2)c2c(O)[nH]c(=O)[nH]c2=O)c1. The number of carbonyl (C=O) groups is 2. The van der Waals surface area contributed by atoms with E-state index in [9.17, 15) is 24.3 Å². The van der Waals surface area contributed by atoms with E-state index in [4.69, 9.17) is 9.47 Å². The number of carbonyl (C=O) groups excluding carboxylic acids is 2. The molecule has 1 aliphatic rings. The molecule has 0 saturated carbocycles. The topological polar surface area (TPSA) is 175 Å². The van der Waals surface area contributed by atoms with Gasteiger partial charge < -0.3 is 25.2 Å². The Kier molecular flexibility index (Phi) is 7.86. The Hall–Kier alpha value is -4.52. The molecule has 1 saturated heterocycles. The van der Waals surface area contributed by atoms with Crippen LogP contribution < -0.4 is 31.4 Å². The van der Waals surface area contributed by atoms with Crippen molar-refractivity contribution in [3.05, 3.63) is 80.0 Å². The third-order valence-electron chi connectivity index (χ3n) is 5.69. The van der Waals surface area contributed by atoms with Gasteiger partial charge >= 0.3 is 5.69 Å². The summed E-state index contributed by atoms with van der Waals surface area (Å²) < 4.78 is 10.7. The lowest BCUT2D eigenvalue weighted by Crippen LogP contribution is -2.29. The number of amides is 2. The van der Waals surface area contributed by atoms with Crippen molar-refractivity contribution in [1.82, 2.24) is 15.3 Å². The van der Waals surface area contributed by atoms with Gasteiger partial charge in [0.05, 0.1) is 14.2 Å². The number of hydrogen-bond donors (Lipinski definition) is 5. The van der Waals surface area contributed by atoms with E-state index in [0.717, 1.165) is 17.3 Å². The van der Waals surface area contributed by atoms with Gasteiger partial charge in [-0.15, -0.1) is 0 Å². The van der Waals surface area contributed by atoms with Crippen LogP contribution >= 0.6 is 11.8 Å². The van der Waals surface area contributed by atoms with E-state index in [1.807, 2.05) is 19.1 Å². The molecule has 2 aromatic carbocycles. The number of anilines is 1. The highest BCUT2D eigenvalue weighted by molar-refractivity contribution is 8.15. The number of aromatic nitrogens is 2. The quantitative estimate of drug-likeness (QED) is 0.288. The van der Waals surface area contributed by atoms with E-state index in [1.54, 1.807) is 30.3 Å². The second-order valence-electron chi connectivity index (χ2n) is 8.33. The number of nitrogens with zero attached hydrogens (tertiary/aromatic N) is 1. The van der Waals surface area contributed by atoms with Gasteiger partial charge in [-0.3, -0.25) is 24.4 Å². The number of rotatable bonds is 8. The van der Waals surface area contributed by atoms with Gasteiger partial charge in [-0.05, 0) is 37.3 Å². The van der Waals surface area contributed by atoms with Crippen molar-refractivity contribution >= 4 is 34.4 Å². The summed E-state index contributed by atoms with van der Waals surface area (Å²) in [4.78, 5) is 58.4. The zero-order valence-corrected chi connectivity index (χ0v) is 21.5. The number of aliphatic imine (C=N–C) groups is 1. The maximum absolute atomic E-state index is 12.7. The third-order valence-corrected chi connectivity index (χ3v) is 6.79. The largest absolute Gasteiger partial charge is 0.497 e. The molecule has 3 aromatic rings. The van der Waals surface area contributed by atoms with Gasteiger partial charge in [0.25, 0.3) is 5.56 Å². The van der Waals surface area contributed by atoms with Crippen molar-refractivity contribution in [2.45, 2.75) is 24.6 Å². The first-order chi connectivity index (χ1) is 18.2. The highest BCUT2D eigenvalue weighted by atomic mass is 32.2. The first-order valence-corrected chi connectivity index (χ1v) is 12.3. The number of aromatic amines is 2. The molecule has 1 aromatic heterocycles. The minimum Gasteiger partial charge on any atom is -0.497 e. The molecule has 0 spiro atoms. The third kappa shape index (κ3) is 5.89. The molecule has 0 unspecified atom stereocenters. The number of H-pyrrole nitrogens is 2. The summed E-state index contributed by atoms with van der Waals surface area (Å²) in [6, 6.07) is 10.8. The maximum atomic E-state index is 12.7. The lowest BCUT2D eigenvalue weighted by atomic mass is 9.99. The van der Waals surface area contributed by atoms with Crippen LogP contribution in [0.2, 0.25) is 0 Å². The maximum Gasteiger partial charge on any atom is 0.328 e. The molecular formula is C25H25N5O7S. The van der Waals surface area contributed by atoms with Crippen LogP contribution in [-0.4, -0.2) is 51.5 Å². The minimum absolute atomic E-state index is 0.114. The number of benzene rings is 2. The Balaban J connectivity index is 1.66. The van der Waals surface area contributed by atoms with Crippen molar-refractivity contribution in [1.29, 1.82) is 0 Å². The van der Waals surface area contributed by atoms with E-state index in [1.165, 1.54) is 14.2 Å². The predicted molar refractivity (Wildman–Crippen MR) is 142 cm³/mol. The van der Waals surface area contributed by atoms with Crippen LogP contribution in [0.1, 0.15) is 29.2 Å². The second kappa shape index (κ2) is 11.3.